The molecule has 2 rings (SSSR count). The maximum Gasteiger partial charge on any atom is 0.191 e. The van der Waals surface area contributed by atoms with Gasteiger partial charge in [-0.25, -0.2) is 4.39 Å². The highest BCUT2D eigenvalue weighted by molar-refractivity contribution is 5.79. The number of nitrogens with zero attached hydrogens (tertiary/aromatic N) is 1. The van der Waals surface area contributed by atoms with Crippen LogP contribution < -0.4 is 10.6 Å². The van der Waals surface area contributed by atoms with Crippen LogP contribution in [-0.4, -0.2) is 38.8 Å². The molecule has 0 radical (unpaired) electrons. The fourth-order valence-corrected chi connectivity index (χ4v) is 2.74. The van der Waals surface area contributed by atoms with E-state index in [0.29, 0.717) is 0 Å². The van der Waals surface area contributed by atoms with Crippen molar-refractivity contribution < 1.29 is 9.13 Å². The summed E-state index contributed by atoms with van der Waals surface area (Å²) in [5, 5.41) is 6.68. The van der Waals surface area contributed by atoms with Gasteiger partial charge in [0.05, 0.1) is 6.54 Å². The van der Waals surface area contributed by atoms with Crippen LogP contribution in [0.15, 0.2) is 29.3 Å². The van der Waals surface area contributed by atoms with Gasteiger partial charge in [-0.3, -0.25) is 4.99 Å². The zero-order chi connectivity index (χ0) is 17.3. The highest BCUT2D eigenvalue weighted by Gasteiger charge is 2.44. The Morgan fingerprint density at radius 1 is 1.17 bits per heavy atom. The van der Waals surface area contributed by atoms with E-state index in [9.17, 15) is 4.39 Å². The lowest BCUT2D eigenvalue weighted by Crippen LogP contribution is -2.38. The maximum absolute atomic E-state index is 13.1. The molecule has 0 aromatic heterocycles. The maximum atomic E-state index is 13.1. The van der Waals surface area contributed by atoms with E-state index in [0.717, 1.165) is 64.5 Å². The molecule has 4 nitrogen and oxygen atoms in total. The van der Waals surface area contributed by atoms with Crippen LogP contribution in [0.1, 0.15) is 45.1 Å². The second-order valence-corrected chi connectivity index (χ2v) is 6.31. The highest BCUT2D eigenvalue weighted by Crippen LogP contribution is 2.48. The third-order valence-corrected chi connectivity index (χ3v) is 4.41. The van der Waals surface area contributed by atoms with Crippen LogP contribution in [-0.2, 0) is 10.2 Å². The van der Waals surface area contributed by atoms with Gasteiger partial charge in [0.2, 0.25) is 0 Å². The lowest BCUT2D eigenvalue weighted by Gasteiger charge is -2.16. The van der Waals surface area contributed by atoms with E-state index in [1.54, 1.807) is 12.1 Å². The van der Waals surface area contributed by atoms with Crippen molar-refractivity contribution in [3.8, 4) is 0 Å². The molecule has 24 heavy (non-hydrogen) atoms. The Balaban J connectivity index is 1.83. The molecule has 1 aromatic rings. The van der Waals surface area contributed by atoms with Crippen LogP contribution in [0.4, 0.5) is 4.39 Å². The first-order valence-corrected chi connectivity index (χ1v) is 9.06. The van der Waals surface area contributed by atoms with Crippen molar-refractivity contribution in [1.29, 1.82) is 0 Å². The molecule has 2 N–H and O–H groups in total. The smallest absolute Gasteiger partial charge is 0.191 e. The minimum Gasteiger partial charge on any atom is -0.382 e. The summed E-state index contributed by atoms with van der Waals surface area (Å²) >= 11 is 0. The molecular weight excluding hydrogens is 305 g/mol. The van der Waals surface area contributed by atoms with Gasteiger partial charge in [-0.1, -0.05) is 12.1 Å². The Bertz CT molecular complexity index is 512. The molecule has 134 valence electrons. The van der Waals surface area contributed by atoms with Crippen LogP contribution in [0, 0.1) is 5.82 Å². The summed E-state index contributed by atoms with van der Waals surface area (Å²) in [5.41, 5.74) is 1.30. The molecule has 0 bridgehead atoms. The van der Waals surface area contributed by atoms with Crippen LogP contribution in [0.3, 0.4) is 0 Å². The van der Waals surface area contributed by atoms with Gasteiger partial charge in [0.1, 0.15) is 5.82 Å². The standard InChI is InChI=1S/C19H30FN3O/c1-3-21-18(22-13-5-6-14-24-4-2)23-15-19(11-12-19)16-7-9-17(20)10-8-16/h7-10H,3-6,11-15H2,1-2H3,(H2,21,22,23). The molecule has 0 atom stereocenters. The molecule has 1 fully saturated rings. The fraction of sp³-hybridized carbons (Fsp3) is 0.632. The Hall–Kier alpha value is -1.62. The van der Waals surface area contributed by atoms with Crippen molar-refractivity contribution in [3.63, 3.8) is 0 Å². The lowest BCUT2D eigenvalue weighted by molar-refractivity contribution is 0.143. The molecule has 0 spiro atoms. The summed E-state index contributed by atoms with van der Waals surface area (Å²) in [6, 6.07) is 6.87. The molecule has 0 aliphatic heterocycles. The van der Waals surface area contributed by atoms with Crippen molar-refractivity contribution >= 4 is 5.96 Å². The number of nitrogens with one attached hydrogen (secondary N) is 2. The summed E-state index contributed by atoms with van der Waals surface area (Å²) in [6.45, 7) is 8.16. The second-order valence-electron chi connectivity index (χ2n) is 6.31. The van der Waals surface area contributed by atoms with Gasteiger partial charge in [-0.05, 0) is 57.2 Å². The zero-order valence-electron chi connectivity index (χ0n) is 14.9. The first kappa shape index (κ1) is 18.7. The van der Waals surface area contributed by atoms with E-state index in [4.69, 9.17) is 9.73 Å². The van der Waals surface area contributed by atoms with E-state index < -0.39 is 0 Å². The van der Waals surface area contributed by atoms with Crippen molar-refractivity contribution in [1.82, 2.24) is 10.6 Å². The number of benzene rings is 1. The molecule has 1 aliphatic carbocycles. The van der Waals surface area contributed by atoms with Crippen LogP contribution in [0.2, 0.25) is 0 Å². The highest BCUT2D eigenvalue weighted by atomic mass is 19.1. The van der Waals surface area contributed by atoms with E-state index in [2.05, 4.69) is 17.6 Å². The second kappa shape index (κ2) is 9.62. The predicted octanol–water partition coefficient (Wildman–Crippen LogP) is 3.23. The fourth-order valence-electron chi connectivity index (χ4n) is 2.74. The Morgan fingerprint density at radius 2 is 1.92 bits per heavy atom. The Morgan fingerprint density at radius 3 is 2.54 bits per heavy atom. The number of unbranched alkanes of at least 4 members (excludes halogenated alkanes) is 1. The summed E-state index contributed by atoms with van der Waals surface area (Å²) in [7, 11) is 0. The normalized spacial score (nSPS) is 16.0. The molecule has 0 saturated heterocycles. The van der Waals surface area contributed by atoms with Crippen molar-refractivity contribution in [2.75, 3.05) is 32.8 Å². The molecule has 1 saturated carbocycles. The largest absolute Gasteiger partial charge is 0.382 e. The van der Waals surface area contributed by atoms with E-state index in [1.165, 1.54) is 5.56 Å². The van der Waals surface area contributed by atoms with Gasteiger partial charge in [0, 0.05) is 31.7 Å². The minimum atomic E-state index is -0.180. The number of hydrogen-bond acceptors (Lipinski definition) is 2. The number of halogens is 1. The lowest BCUT2D eigenvalue weighted by atomic mass is 9.96. The molecule has 5 heteroatoms. The van der Waals surface area contributed by atoms with Crippen LogP contribution >= 0.6 is 0 Å². The first-order valence-electron chi connectivity index (χ1n) is 9.06. The van der Waals surface area contributed by atoms with Crippen molar-refractivity contribution in [2.24, 2.45) is 4.99 Å². The molecular formula is C19H30FN3O. The third kappa shape index (κ3) is 5.78. The van der Waals surface area contributed by atoms with Crippen LogP contribution in [0.25, 0.3) is 0 Å². The summed E-state index contributed by atoms with van der Waals surface area (Å²) in [4.78, 5) is 4.75. The zero-order valence-corrected chi connectivity index (χ0v) is 14.9. The minimum absolute atomic E-state index is 0.102. The first-order chi connectivity index (χ1) is 11.7. The number of ether oxygens (including phenoxy) is 1. The number of aliphatic imine (C=N–C) groups is 1. The van der Waals surface area contributed by atoms with Crippen LogP contribution in [0.5, 0.6) is 0 Å². The Labute approximate surface area is 144 Å². The Kier molecular flexibility index (Phi) is 7.50. The van der Waals surface area contributed by atoms with Gasteiger partial charge >= 0.3 is 0 Å². The average molecular weight is 335 g/mol. The molecule has 0 unspecified atom stereocenters. The SMILES string of the molecule is CCNC(=NCC1(c2ccc(F)cc2)CC1)NCCCCOCC. The summed E-state index contributed by atoms with van der Waals surface area (Å²) in [5.74, 6) is 0.683. The average Bonchev–Trinajstić information content (AvgIpc) is 3.37. The molecule has 0 amide bonds. The molecule has 0 heterocycles. The van der Waals surface area contributed by atoms with Crippen molar-refractivity contribution in [2.45, 2.75) is 44.9 Å². The molecule has 1 aliphatic rings. The topological polar surface area (TPSA) is 45.7 Å². The molecule has 1 aromatic carbocycles. The quantitative estimate of drug-likeness (QED) is 0.392. The number of hydrogen-bond donors (Lipinski definition) is 2. The van der Waals surface area contributed by atoms with E-state index in [-0.39, 0.29) is 11.2 Å². The van der Waals surface area contributed by atoms with Gasteiger partial charge < -0.3 is 15.4 Å². The summed E-state index contributed by atoms with van der Waals surface area (Å²) in [6.07, 6.45) is 4.36. The van der Waals surface area contributed by atoms with Gasteiger partial charge in [-0.2, -0.15) is 0 Å². The van der Waals surface area contributed by atoms with Gasteiger partial charge in [-0.15, -0.1) is 0 Å². The van der Waals surface area contributed by atoms with Crippen molar-refractivity contribution in [3.05, 3.63) is 35.6 Å². The van der Waals surface area contributed by atoms with E-state index in [1.807, 2.05) is 19.1 Å². The third-order valence-electron chi connectivity index (χ3n) is 4.41. The van der Waals surface area contributed by atoms with Gasteiger partial charge in [0.25, 0.3) is 0 Å². The number of rotatable bonds is 10. The monoisotopic (exact) mass is 335 g/mol. The van der Waals surface area contributed by atoms with Gasteiger partial charge in [0.15, 0.2) is 5.96 Å². The van der Waals surface area contributed by atoms with E-state index >= 15 is 0 Å². The number of guanidine groups is 1. The predicted molar refractivity (Wildman–Crippen MR) is 97.0 cm³/mol. The summed E-state index contributed by atoms with van der Waals surface area (Å²) < 4.78 is 18.4.